The Kier molecular flexibility index (Phi) is 5.32. The minimum Gasteiger partial charge on any atom is -0.242 e. The average molecular weight is 379 g/mol. The Labute approximate surface area is 155 Å². The number of hydrogen-bond donors (Lipinski definition) is 0. The van der Waals surface area contributed by atoms with E-state index in [-0.39, 0.29) is 5.92 Å². The largest absolute Gasteiger partial charge is 0.243 e. The molecule has 1 aromatic heterocycles. The molecule has 25 heavy (non-hydrogen) atoms. The number of benzene rings is 1. The summed E-state index contributed by atoms with van der Waals surface area (Å²) in [6.07, 6.45) is 1.86. The van der Waals surface area contributed by atoms with Crippen LogP contribution >= 0.6 is 11.3 Å². The Hall–Kier alpha value is -1.24. The zero-order chi connectivity index (χ0) is 18.2. The van der Waals surface area contributed by atoms with Gasteiger partial charge in [0, 0.05) is 24.0 Å². The van der Waals surface area contributed by atoms with Crippen molar-refractivity contribution in [2.75, 3.05) is 13.1 Å². The van der Waals surface area contributed by atoms with Crippen LogP contribution in [0.25, 0.3) is 11.3 Å². The van der Waals surface area contributed by atoms with E-state index in [0.717, 1.165) is 34.7 Å². The maximum atomic E-state index is 13.3. The topological polar surface area (TPSA) is 50.3 Å². The van der Waals surface area contributed by atoms with E-state index in [0.29, 0.717) is 23.9 Å². The highest BCUT2D eigenvalue weighted by Crippen LogP contribution is 2.33. The van der Waals surface area contributed by atoms with E-state index in [4.69, 9.17) is 0 Å². The summed E-state index contributed by atoms with van der Waals surface area (Å²) in [5, 5.41) is 2.97. The lowest BCUT2D eigenvalue weighted by Gasteiger charge is -2.30. The lowest BCUT2D eigenvalue weighted by atomic mass is 10.0. The fraction of sp³-hybridized carbons (Fsp3) is 0.526. The Balaban J connectivity index is 2.05. The van der Waals surface area contributed by atoms with Crippen molar-refractivity contribution in [2.45, 2.75) is 51.3 Å². The molecule has 1 aromatic carbocycles. The SMILES string of the molecule is Cc1nc(-c2ccc(C(C)C)c(S(=O)(=O)N3CCC(C)CC3)c2)cs1. The van der Waals surface area contributed by atoms with Gasteiger partial charge in [-0.1, -0.05) is 32.9 Å². The van der Waals surface area contributed by atoms with Gasteiger partial charge in [-0.3, -0.25) is 0 Å². The van der Waals surface area contributed by atoms with E-state index < -0.39 is 10.0 Å². The average Bonchev–Trinajstić information content (AvgIpc) is 3.01. The highest BCUT2D eigenvalue weighted by Gasteiger charge is 2.30. The molecule has 0 bridgehead atoms. The quantitative estimate of drug-likeness (QED) is 0.777. The van der Waals surface area contributed by atoms with Gasteiger partial charge in [0.1, 0.15) is 0 Å². The molecule has 0 spiro atoms. The van der Waals surface area contributed by atoms with Crippen molar-refractivity contribution in [1.29, 1.82) is 0 Å². The number of sulfonamides is 1. The third-order valence-corrected chi connectivity index (χ3v) is 7.64. The summed E-state index contributed by atoms with van der Waals surface area (Å²) in [5.41, 5.74) is 2.61. The van der Waals surface area contributed by atoms with E-state index >= 15 is 0 Å². The number of hydrogen-bond acceptors (Lipinski definition) is 4. The molecule has 1 saturated heterocycles. The molecule has 6 heteroatoms. The van der Waals surface area contributed by atoms with E-state index in [1.165, 1.54) is 0 Å². The van der Waals surface area contributed by atoms with E-state index in [9.17, 15) is 8.42 Å². The summed E-state index contributed by atoms with van der Waals surface area (Å²) in [4.78, 5) is 4.96. The van der Waals surface area contributed by atoms with Crippen LogP contribution in [0, 0.1) is 12.8 Å². The van der Waals surface area contributed by atoms with Crippen molar-refractivity contribution in [2.24, 2.45) is 5.92 Å². The molecule has 0 amide bonds. The number of nitrogens with zero attached hydrogens (tertiary/aromatic N) is 2. The normalized spacial score (nSPS) is 17.3. The molecule has 0 radical (unpaired) electrons. The molecule has 0 unspecified atom stereocenters. The van der Waals surface area contributed by atoms with Gasteiger partial charge in [0.25, 0.3) is 0 Å². The van der Waals surface area contributed by atoms with Crippen molar-refractivity contribution in [3.05, 3.63) is 34.2 Å². The van der Waals surface area contributed by atoms with Gasteiger partial charge in [0.05, 0.1) is 15.6 Å². The van der Waals surface area contributed by atoms with Gasteiger partial charge in [-0.25, -0.2) is 13.4 Å². The third kappa shape index (κ3) is 3.81. The summed E-state index contributed by atoms with van der Waals surface area (Å²) in [6, 6.07) is 5.76. The standard InChI is InChI=1S/C19H26N2O2S2/c1-13(2)17-6-5-16(18-12-24-15(4)20-18)11-19(17)25(22,23)21-9-7-14(3)8-10-21/h5-6,11-14H,7-10H2,1-4H3. The molecule has 1 aliphatic rings. The molecule has 2 heterocycles. The van der Waals surface area contributed by atoms with Gasteiger partial charge in [0.2, 0.25) is 10.0 Å². The van der Waals surface area contributed by atoms with Crippen LogP contribution in [0.3, 0.4) is 0 Å². The zero-order valence-corrected chi connectivity index (χ0v) is 17.0. The Morgan fingerprint density at radius 2 is 1.92 bits per heavy atom. The fourth-order valence-corrected chi connectivity index (χ4v) is 5.72. The van der Waals surface area contributed by atoms with Crippen LogP contribution in [-0.4, -0.2) is 30.8 Å². The predicted molar refractivity (Wildman–Crippen MR) is 104 cm³/mol. The zero-order valence-electron chi connectivity index (χ0n) is 15.3. The first-order chi connectivity index (χ1) is 11.8. The van der Waals surface area contributed by atoms with Gasteiger partial charge in [0.15, 0.2) is 0 Å². The summed E-state index contributed by atoms with van der Waals surface area (Å²) in [7, 11) is -3.48. The van der Waals surface area contributed by atoms with Gasteiger partial charge < -0.3 is 0 Å². The second kappa shape index (κ2) is 7.17. The number of aryl methyl sites for hydroxylation is 1. The van der Waals surface area contributed by atoms with Gasteiger partial charge in [-0.15, -0.1) is 11.3 Å². The number of aromatic nitrogens is 1. The number of thiazole rings is 1. The molecule has 0 saturated carbocycles. The highest BCUT2D eigenvalue weighted by molar-refractivity contribution is 7.89. The molecule has 136 valence electrons. The minimum absolute atomic E-state index is 0.153. The van der Waals surface area contributed by atoms with Crippen LogP contribution in [0.15, 0.2) is 28.5 Å². The van der Waals surface area contributed by atoms with Crippen LogP contribution in [0.1, 0.15) is 50.1 Å². The van der Waals surface area contributed by atoms with E-state index in [1.54, 1.807) is 15.6 Å². The van der Waals surface area contributed by atoms with Crippen molar-refractivity contribution < 1.29 is 8.42 Å². The van der Waals surface area contributed by atoms with Gasteiger partial charge in [-0.05, 0) is 43.2 Å². The monoisotopic (exact) mass is 378 g/mol. The summed E-state index contributed by atoms with van der Waals surface area (Å²) in [6.45, 7) is 9.46. The van der Waals surface area contributed by atoms with Crippen molar-refractivity contribution in [3.8, 4) is 11.3 Å². The van der Waals surface area contributed by atoms with E-state index in [1.807, 2.05) is 44.4 Å². The second-order valence-corrected chi connectivity index (χ2v) is 10.2. The molecule has 1 fully saturated rings. The molecule has 0 N–H and O–H groups in total. The maximum absolute atomic E-state index is 13.3. The van der Waals surface area contributed by atoms with Crippen molar-refractivity contribution in [1.82, 2.24) is 9.29 Å². The smallest absolute Gasteiger partial charge is 0.242 e. The molecule has 2 aromatic rings. The molecule has 0 atom stereocenters. The van der Waals surface area contributed by atoms with Crippen LogP contribution in [0.2, 0.25) is 0 Å². The first-order valence-corrected chi connectivity index (χ1v) is 11.2. The van der Waals surface area contributed by atoms with Crippen LogP contribution in [0.5, 0.6) is 0 Å². The maximum Gasteiger partial charge on any atom is 0.243 e. The van der Waals surface area contributed by atoms with Crippen molar-refractivity contribution >= 4 is 21.4 Å². The van der Waals surface area contributed by atoms with E-state index in [2.05, 4.69) is 11.9 Å². The van der Waals surface area contributed by atoms with Crippen LogP contribution in [0.4, 0.5) is 0 Å². The molecule has 4 nitrogen and oxygen atoms in total. The summed E-state index contributed by atoms with van der Waals surface area (Å²) in [5.74, 6) is 0.750. The first-order valence-electron chi connectivity index (χ1n) is 8.85. The van der Waals surface area contributed by atoms with Crippen LogP contribution in [-0.2, 0) is 10.0 Å². The van der Waals surface area contributed by atoms with Gasteiger partial charge >= 0.3 is 0 Å². The summed E-state index contributed by atoms with van der Waals surface area (Å²) >= 11 is 1.58. The molecular weight excluding hydrogens is 352 g/mol. The van der Waals surface area contributed by atoms with Crippen LogP contribution < -0.4 is 0 Å². The lowest BCUT2D eigenvalue weighted by molar-refractivity contribution is 0.288. The molecule has 3 rings (SSSR count). The molecule has 0 aliphatic carbocycles. The van der Waals surface area contributed by atoms with Crippen molar-refractivity contribution in [3.63, 3.8) is 0 Å². The second-order valence-electron chi connectivity index (χ2n) is 7.25. The lowest BCUT2D eigenvalue weighted by Crippen LogP contribution is -2.38. The Morgan fingerprint density at radius 3 is 2.48 bits per heavy atom. The third-order valence-electron chi connectivity index (χ3n) is 4.91. The minimum atomic E-state index is -3.48. The molecule has 1 aliphatic heterocycles. The Morgan fingerprint density at radius 1 is 1.24 bits per heavy atom. The number of piperidine rings is 1. The molecular formula is C19H26N2O2S2. The Bertz CT molecular complexity index is 848. The number of rotatable bonds is 4. The first kappa shape index (κ1) is 18.5. The highest BCUT2D eigenvalue weighted by atomic mass is 32.2. The van der Waals surface area contributed by atoms with Gasteiger partial charge in [-0.2, -0.15) is 4.31 Å². The fourth-order valence-electron chi connectivity index (χ4n) is 3.25. The summed E-state index contributed by atoms with van der Waals surface area (Å²) < 4.78 is 28.3. The predicted octanol–water partition coefficient (Wildman–Crippen LogP) is 4.66.